The van der Waals surface area contributed by atoms with Crippen molar-refractivity contribution in [1.82, 2.24) is 10.3 Å². The molecule has 0 spiro atoms. The minimum Gasteiger partial charge on any atom is -0.497 e. The number of ether oxygens (including phenoxy) is 1. The number of nitrogens with one attached hydrogen (secondary N) is 2. The molecule has 1 heterocycles. The molecule has 0 fully saturated rings. The van der Waals surface area contributed by atoms with Crippen LogP contribution in [0.1, 0.15) is 15.9 Å². The van der Waals surface area contributed by atoms with Crippen molar-refractivity contribution in [2.75, 3.05) is 11.8 Å². The molecule has 8 heteroatoms. The van der Waals surface area contributed by atoms with E-state index in [0.29, 0.717) is 23.2 Å². The number of carbonyl (C=O) groups excluding carboxylic acids is 1. The van der Waals surface area contributed by atoms with Crippen LogP contribution in [-0.2, 0) is 16.6 Å². The zero-order valence-corrected chi connectivity index (χ0v) is 18.1. The molecular formula is C24H21N3O4S. The van der Waals surface area contributed by atoms with Crippen molar-refractivity contribution in [1.29, 1.82) is 0 Å². The van der Waals surface area contributed by atoms with Gasteiger partial charge in [-0.25, -0.2) is 8.42 Å². The maximum atomic E-state index is 13.2. The summed E-state index contributed by atoms with van der Waals surface area (Å²) in [6, 6.07) is 22.5. The van der Waals surface area contributed by atoms with Gasteiger partial charge in [0.25, 0.3) is 15.9 Å². The van der Waals surface area contributed by atoms with Gasteiger partial charge in [0.1, 0.15) is 10.6 Å². The Kier molecular flexibility index (Phi) is 6.04. The predicted octanol–water partition coefficient (Wildman–Crippen LogP) is 3.97. The van der Waals surface area contributed by atoms with E-state index in [1.54, 1.807) is 30.3 Å². The average Bonchev–Trinajstić information content (AvgIpc) is 2.82. The summed E-state index contributed by atoms with van der Waals surface area (Å²) >= 11 is 0. The molecule has 4 rings (SSSR count). The molecule has 0 atom stereocenters. The molecule has 0 aliphatic heterocycles. The van der Waals surface area contributed by atoms with Gasteiger partial charge in [0.15, 0.2) is 0 Å². The van der Waals surface area contributed by atoms with Crippen LogP contribution in [0.5, 0.6) is 5.75 Å². The number of aromatic nitrogens is 1. The van der Waals surface area contributed by atoms with E-state index in [-0.39, 0.29) is 16.1 Å². The number of pyridine rings is 1. The molecule has 162 valence electrons. The van der Waals surface area contributed by atoms with Crippen LogP contribution in [0.3, 0.4) is 0 Å². The highest BCUT2D eigenvalue weighted by Crippen LogP contribution is 2.28. The smallest absolute Gasteiger partial charge is 0.264 e. The van der Waals surface area contributed by atoms with Gasteiger partial charge >= 0.3 is 0 Å². The number of rotatable bonds is 7. The minimum atomic E-state index is -4.04. The lowest BCUT2D eigenvalue weighted by Gasteiger charge is -2.15. The standard InChI is InChI=1S/C24H21N3O4S/c1-31-19-12-13-20(24(28)26-16-17-7-3-2-4-8-17)21(15-19)27-32(29,30)22-11-5-9-18-10-6-14-25-23(18)22/h2-15,27H,16H2,1H3,(H,26,28). The van der Waals surface area contributed by atoms with Crippen molar-refractivity contribution in [3.63, 3.8) is 0 Å². The summed E-state index contributed by atoms with van der Waals surface area (Å²) in [7, 11) is -2.57. The summed E-state index contributed by atoms with van der Waals surface area (Å²) in [4.78, 5) is 17.1. The lowest BCUT2D eigenvalue weighted by molar-refractivity contribution is 0.0952. The van der Waals surface area contributed by atoms with Crippen LogP contribution in [-0.4, -0.2) is 26.4 Å². The minimum absolute atomic E-state index is 0.0223. The van der Waals surface area contributed by atoms with Gasteiger partial charge in [0.2, 0.25) is 0 Å². The van der Waals surface area contributed by atoms with Crippen molar-refractivity contribution in [3.05, 3.63) is 96.2 Å². The maximum Gasteiger partial charge on any atom is 0.264 e. The van der Waals surface area contributed by atoms with Gasteiger partial charge in [-0.15, -0.1) is 0 Å². The lowest BCUT2D eigenvalue weighted by Crippen LogP contribution is -2.25. The van der Waals surface area contributed by atoms with Crippen molar-refractivity contribution in [2.45, 2.75) is 11.4 Å². The number of anilines is 1. The summed E-state index contributed by atoms with van der Waals surface area (Å²) in [5, 5.41) is 3.52. The Bertz CT molecular complexity index is 1370. The van der Waals surface area contributed by atoms with Crippen molar-refractivity contribution in [2.24, 2.45) is 0 Å². The Morgan fingerprint density at radius 3 is 2.53 bits per heavy atom. The van der Waals surface area contributed by atoms with Crippen molar-refractivity contribution in [3.8, 4) is 5.75 Å². The first-order valence-corrected chi connectivity index (χ1v) is 11.3. The van der Waals surface area contributed by atoms with Gasteiger partial charge in [0.05, 0.1) is 23.9 Å². The van der Waals surface area contributed by atoms with Crippen LogP contribution < -0.4 is 14.8 Å². The predicted molar refractivity (Wildman–Crippen MR) is 123 cm³/mol. The second-order valence-corrected chi connectivity index (χ2v) is 8.67. The van der Waals surface area contributed by atoms with Crippen LogP contribution in [0.2, 0.25) is 0 Å². The van der Waals surface area contributed by atoms with Crippen LogP contribution in [0.15, 0.2) is 90.0 Å². The van der Waals surface area contributed by atoms with E-state index in [4.69, 9.17) is 4.74 Å². The third kappa shape index (κ3) is 4.55. The highest BCUT2D eigenvalue weighted by molar-refractivity contribution is 7.93. The number of carbonyl (C=O) groups is 1. The molecule has 0 bridgehead atoms. The number of hydrogen-bond acceptors (Lipinski definition) is 5. The SMILES string of the molecule is COc1ccc(C(=O)NCc2ccccc2)c(NS(=O)(=O)c2cccc3cccnc23)c1. The Labute approximate surface area is 186 Å². The van der Waals surface area contributed by atoms with Gasteiger partial charge in [-0.3, -0.25) is 14.5 Å². The number of hydrogen-bond donors (Lipinski definition) is 2. The molecule has 0 aliphatic rings. The van der Waals surface area contributed by atoms with Crippen molar-refractivity contribution < 1.29 is 17.9 Å². The van der Waals surface area contributed by atoms with Gasteiger partial charge in [-0.1, -0.05) is 48.5 Å². The number of methoxy groups -OCH3 is 1. The first kappa shape index (κ1) is 21.3. The molecular weight excluding hydrogens is 426 g/mol. The molecule has 1 aromatic heterocycles. The number of benzene rings is 3. The molecule has 1 amide bonds. The molecule has 3 aromatic carbocycles. The summed E-state index contributed by atoms with van der Waals surface area (Å²) in [5.74, 6) is 0.00334. The number of amides is 1. The number of sulfonamides is 1. The highest BCUT2D eigenvalue weighted by atomic mass is 32.2. The second-order valence-electron chi connectivity index (χ2n) is 7.02. The molecule has 0 saturated carbocycles. The van der Waals surface area contributed by atoms with E-state index in [1.165, 1.54) is 31.5 Å². The molecule has 4 aromatic rings. The van der Waals surface area contributed by atoms with Crippen LogP contribution in [0.25, 0.3) is 10.9 Å². The molecule has 7 nitrogen and oxygen atoms in total. The number of para-hydroxylation sites is 1. The van der Waals surface area contributed by atoms with E-state index in [0.717, 1.165) is 5.56 Å². The van der Waals surface area contributed by atoms with E-state index in [9.17, 15) is 13.2 Å². The van der Waals surface area contributed by atoms with Gasteiger partial charge < -0.3 is 10.1 Å². The summed E-state index contributed by atoms with van der Waals surface area (Å²) in [6.45, 7) is 0.311. The van der Waals surface area contributed by atoms with Gasteiger partial charge in [-0.05, 0) is 29.8 Å². The third-order valence-electron chi connectivity index (χ3n) is 4.90. The lowest BCUT2D eigenvalue weighted by atomic mass is 10.1. The zero-order valence-electron chi connectivity index (χ0n) is 17.3. The summed E-state index contributed by atoms with van der Waals surface area (Å²) in [5.41, 5.74) is 1.57. The number of nitrogens with zero attached hydrogens (tertiary/aromatic N) is 1. The largest absolute Gasteiger partial charge is 0.497 e. The quantitative estimate of drug-likeness (QED) is 0.447. The Balaban J connectivity index is 1.67. The van der Waals surface area contributed by atoms with Crippen LogP contribution >= 0.6 is 0 Å². The third-order valence-corrected chi connectivity index (χ3v) is 6.29. The molecule has 2 N–H and O–H groups in total. The molecule has 32 heavy (non-hydrogen) atoms. The first-order valence-electron chi connectivity index (χ1n) is 9.85. The monoisotopic (exact) mass is 447 g/mol. The molecule has 0 saturated heterocycles. The zero-order chi connectivity index (χ0) is 22.6. The Hall–Kier alpha value is -3.91. The first-order chi connectivity index (χ1) is 15.5. The van der Waals surface area contributed by atoms with Crippen molar-refractivity contribution >= 4 is 32.5 Å². The van der Waals surface area contributed by atoms with E-state index < -0.39 is 15.9 Å². The van der Waals surface area contributed by atoms with Crippen LogP contribution in [0.4, 0.5) is 5.69 Å². The normalized spacial score (nSPS) is 11.2. The molecule has 0 radical (unpaired) electrons. The van der Waals surface area contributed by atoms with Crippen LogP contribution in [0, 0.1) is 0 Å². The molecule has 0 aliphatic carbocycles. The average molecular weight is 448 g/mol. The van der Waals surface area contributed by atoms with E-state index in [2.05, 4.69) is 15.0 Å². The summed E-state index contributed by atoms with van der Waals surface area (Å²) < 4.78 is 34.3. The fraction of sp³-hybridized carbons (Fsp3) is 0.0833. The number of fused-ring (bicyclic) bond motifs is 1. The van der Waals surface area contributed by atoms with Gasteiger partial charge in [-0.2, -0.15) is 0 Å². The topological polar surface area (TPSA) is 97.4 Å². The summed E-state index contributed by atoms with van der Waals surface area (Å²) in [6.07, 6.45) is 1.54. The molecule has 0 unspecified atom stereocenters. The highest BCUT2D eigenvalue weighted by Gasteiger charge is 2.22. The Morgan fingerprint density at radius 2 is 1.75 bits per heavy atom. The van der Waals surface area contributed by atoms with E-state index >= 15 is 0 Å². The Morgan fingerprint density at radius 1 is 0.969 bits per heavy atom. The second kappa shape index (κ2) is 9.07. The maximum absolute atomic E-state index is 13.2. The fourth-order valence-corrected chi connectivity index (χ4v) is 4.55. The fourth-order valence-electron chi connectivity index (χ4n) is 3.30. The van der Waals surface area contributed by atoms with E-state index in [1.807, 2.05) is 30.3 Å². The van der Waals surface area contributed by atoms with Gasteiger partial charge in [0, 0.05) is 24.2 Å².